The quantitative estimate of drug-likeness (QED) is 0.172. The van der Waals surface area contributed by atoms with Crippen molar-refractivity contribution in [3.05, 3.63) is 0 Å². The van der Waals surface area contributed by atoms with Crippen molar-refractivity contribution in [1.82, 2.24) is 16.2 Å². The number of aliphatic carboxylic acids is 3. The predicted octanol–water partition coefficient (Wildman–Crippen LogP) is -3.73. The molecule has 1 aliphatic rings. The van der Waals surface area contributed by atoms with E-state index in [-0.39, 0.29) is 32.7 Å². The third-order valence-electron chi connectivity index (χ3n) is 4.57. The zero-order valence-electron chi connectivity index (χ0n) is 15.4. The van der Waals surface area contributed by atoms with Crippen molar-refractivity contribution in [2.24, 2.45) is 5.73 Å². The third-order valence-corrected chi connectivity index (χ3v) is 5.58. The third kappa shape index (κ3) is 6.78. The van der Waals surface area contributed by atoms with Crippen LogP contribution in [-0.2, 0) is 14.4 Å². The van der Waals surface area contributed by atoms with Crippen molar-refractivity contribution in [1.29, 1.82) is 0 Å². The van der Waals surface area contributed by atoms with Gasteiger partial charge in [-0.1, -0.05) is 0 Å². The Morgan fingerprint density at radius 2 is 1.50 bits per heavy atom. The van der Waals surface area contributed by atoms with Crippen molar-refractivity contribution in [3.63, 3.8) is 0 Å². The van der Waals surface area contributed by atoms with E-state index in [2.05, 4.69) is 5.32 Å². The van der Waals surface area contributed by atoms with Crippen LogP contribution in [0.25, 0.3) is 0 Å². The molecule has 0 aromatic heterocycles. The molecule has 0 spiro atoms. The molecule has 0 amide bonds. The monoisotopic (exact) mass is 548 g/mol. The zero-order chi connectivity index (χ0) is 21.3. The van der Waals surface area contributed by atoms with Crippen LogP contribution in [-0.4, -0.2) is 126 Å². The van der Waals surface area contributed by atoms with Gasteiger partial charge in [0.25, 0.3) is 0 Å². The van der Waals surface area contributed by atoms with E-state index in [9.17, 15) is 34.8 Å². The molecule has 0 bridgehead atoms. The number of aliphatic hydroxyl groups excluding tert-OH is 1. The Balaban J connectivity index is 3.16. The molecule has 0 aliphatic carbocycles. The van der Waals surface area contributed by atoms with Gasteiger partial charge in [0.05, 0.1) is 0 Å². The molecular weight excluding hydrogens is 519 g/mol. The predicted molar refractivity (Wildman–Crippen MR) is 93.2 cm³/mol. The van der Waals surface area contributed by atoms with Crippen molar-refractivity contribution in [2.75, 3.05) is 65.4 Å². The number of aliphatic hydroxyl groups is 1. The SMILES string of the molecule is NCC(O)CN1CCNCC[N]([Gd])CCN(C(C(=O)O)(C(=O)O)C(=O)O)CC1. The van der Waals surface area contributed by atoms with Gasteiger partial charge in [0.2, 0.25) is 0 Å². The molecule has 163 valence electrons. The fraction of sp³-hybridized carbons (Fsp3) is 0.800. The van der Waals surface area contributed by atoms with E-state index in [0.717, 1.165) is 4.90 Å². The molecule has 0 aromatic rings. The number of rotatable bonds is 7. The summed E-state index contributed by atoms with van der Waals surface area (Å²) >= 11 is 1.57. The molecule has 0 saturated carbocycles. The van der Waals surface area contributed by atoms with E-state index < -0.39 is 29.6 Å². The van der Waals surface area contributed by atoms with Gasteiger partial charge in [-0.15, -0.1) is 0 Å². The molecule has 1 rings (SSSR count). The molecule has 1 heterocycles. The maximum atomic E-state index is 11.8. The van der Waals surface area contributed by atoms with Crippen LogP contribution in [0.4, 0.5) is 0 Å². The summed E-state index contributed by atoms with van der Waals surface area (Å²) in [6.45, 7) is 3.00. The number of carboxylic acids is 3. The van der Waals surface area contributed by atoms with Crippen molar-refractivity contribution < 1.29 is 73.1 Å². The van der Waals surface area contributed by atoms with Crippen LogP contribution in [0.5, 0.6) is 0 Å². The van der Waals surface area contributed by atoms with Crippen molar-refractivity contribution in [2.45, 2.75) is 11.6 Å². The second-order valence-corrected chi connectivity index (χ2v) is 7.88. The minimum atomic E-state index is -3.08. The topological polar surface area (TPSA) is 180 Å². The van der Waals surface area contributed by atoms with E-state index in [0.29, 0.717) is 32.7 Å². The Kier molecular flexibility index (Phi) is 11.2. The molecular formula is C15H28GdN5O7. The average molecular weight is 548 g/mol. The molecule has 1 fully saturated rings. The van der Waals surface area contributed by atoms with Gasteiger partial charge in [-0.3, -0.25) is 0 Å². The first kappa shape index (κ1) is 25.5. The van der Waals surface area contributed by atoms with Crippen LogP contribution in [0, 0.1) is 38.3 Å². The summed E-state index contributed by atoms with van der Waals surface area (Å²) in [5, 5.41) is 41.7. The van der Waals surface area contributed by atoms with E-state index in [1.54, 1.807) is 43.2 Å². The summed E-state index contributed by atoms with van der Waals surface area (Å²) in [4.78, 5) is 38.1. The Labute approximate surface area is 189 Å². The van der Waals surface area contributed by atoms with Crippen LogP contribution in [0.15, 0.2) is 0 Å². The number of nitrogens with two attached hydrogens (primary N) is 1. The number of carbonyl (C=O) groups is 3. The zero-order valence-corrected chi connectivity index (χ0v) is 17.7. The number of hydrogen-bond donors (Lipinski definition) is 6. The molecule has 7 N–H and O–H groups in total. The molecule has 12 nitrogen and oxygen atoms in total. The Morgan fingerprint density at radius 1 is 0.964 bits per heavy atom. The van der Waals surface area contributed by atoms with Gasteiger partial charge in [0.15, 0.2) is 0 Å². The van der Waals surface area contributed by atoms with Crippen LogP contribution in [0.2, 0.25) is 0 Å². The van der Waals surface area contributed by atoms with E-state index in [1.807, 2.05) is 1.10 Å². The van der Waals surface area contributed by atoms with E-state index >= 15 is 0 Å². The van der Waals surface area contributed by atoms with Crippen LogP contribution < -0.4 is 11.1 Å². The first-order valence-corrected chi connectivity index (χ1v) is 9.83. The summed E-state index contributed by atoms with van der Waals surface area (Å²) in [5.74, 6) is -5.83. The number of nitrogens with one attached hydrogen (secondary N) is 1. The molecule has 1 aliphatic heterocycles. The molecule has 0 aromatic carbocycles. The van der Waals surface area contributed by atoms with Gasteiger partial charge >= 0.3 is 190 Å². The first-order valence-electron chi connectivity index (χ1n) is 8.82. The van der Waals surface area contributed by atoms with E-state index in [4.69, 9.17) is 5.73 Å². The van der Waals surface area contributed by atoms with Gasteiger partial charge in [-0.25, -0.2) is 0 Å². The van der Waals surface area contributed by atoms with Gasteiger partial charge < -0.3 is 0 Å². The van der Waals surface area contributed by atoms with Crippen molar-refractivity contribution >= 4 is 17.9 Å². The fourth-order valence-corrected chi connectivity index (χ4v) is 3.44. The Bertz CT molecular complexity index is 517. The molecule has 1 atom stereocenters. The van der Waals surface area contributed by atoms with Crippen LogP contribution in [0.3, 0.4) is 0 Å². The molecule has 13 heteroatoms. The summed E-state index contributed by atoms with van der Waals surface area (Å²) in [6.07, 6.45) is -0.795. The number of β-amino-alcohol motifs (C(OH)–C–C–N with tert-alkyl or cyclic N) is 1. The van der Waals surface area contributed by atoms with Gasteiger partial charge in [-0.05, 0) is 0 Å². The van der Waals surface area contributed by atoms with Crippen LogP contribution in [0.1, 0.15) is 0 Å². The average Bonchev–Trinajstić information content (AvgIpc) is 2.60. The van der Waals surface area contributed by atoms with Gasteiger partial charge in [0.1, 0.15) is 0 Å². The van der Waals surface area contributed by atoms with Gasteiger partial charge in [0, 0.05) is 0 Å². The standard InChI is InChI=1S/C15H28N5O7.Gd/c16-9-11(21)10-19-5-3-17-1-2-18-4-6-20(8-7-19)15(12(22)23,13(24)25)14(26)27;/h11,17,21H,1-10,16H2,(H,22,23)(H,24,25)(H,26,27);/q-1;+1. The normalized spacial score (nSPS) is 20.7. The van der Waals surface area contributed by atoms with Crippen molar-refractivity contribution in [3.8, 4) is 0 Å². The Morgan fingerprint density at radius 3 is 2.04 bits per heavy atom. The fourth-order valence-electron chi connectivity index (χ4n) is 2.95. The summed E-state index contributed by atoms with van der Waals surface area (Å²) in [6, 6.07) is 0. The number of carboxylic acid groups (broad SMARTS) is 3. The number of hydrogen-bond acceptors (Lipinski definition) is 9. The second kappa shape index (κ2) is 12.2. The van der Waals surface area contributed by atoms with Crippen LogP contribution >= 0.6 is 0 Å². The molecule has 28 heavy (non-hydrogen) atoms. The summed E-state index contributed by atoms with van der Waals surface area (Å²) in [7, 11) is 0. The Hall–Kier alpha value is -0.505. The number of nitrogens with zero attached hydrogens (tertiary/aromatic N) is 3. The first-order chi connectivity index (χ1) is 13.2. The van der Waals surface area contributed by atoms with E-state index in [1.165, 1.54) is 0 Å². The van der Waals surface area contributed by atoms with Gasteiger partial charge in [-0.2, -0.15) is 0 Å². The summed E-state index contributed by atoms with van der Waals surface area (Å²) < 4.78 is 1.90. The molecule has 1 saturated heterocycles. The maximum absolute atomic E-state index is 11.8. The molecule has 0 radical (unpaired) electrons. The second-order valence-electron chi connectivity index (χ2n) is 6.45. The minimum absolute atomic E-state index is 0.0443. The molecule has 1 unspecified atom stereocenters. The summed E-state index contributed by atoms with van der Waals surface area (Å²) in [5.41, 5.74) is 2.37.